The molecule has 32 heavy (non-hydrogen) atoms. The number of benzene rings is 2. The number of carbonyl (C=O) groups excluding carboxylic acids is 3. The molecule has 172 valence electrons. The number of nitrogens with zero attached hydrogens (tertiary/aromatic N) is 1. The summed E-state index contributed by atoms with van der Waals surface area (Å²) in [4.78, 5) is 37.6. The monoisotopic (exact) mass is 450 g/mol. The molecule has 0 aromatic heterocycles. The van der Waals surface area contributed by atoms with Gasteiger partial charge in [-0.15, -0.1) is 0 Å². The van der Waals surface area contributed by atoms with E-state index in [2.05, 4.69) is 16.0 Å². The van der Waals surface area contributed by atoms with E-state index in [1.54, 1.807) is 43.0 Å². The lowest BCUT2D eigenvalue weighted by Gasteiger charge is -2.26. The molecule has 0 heterocycles. The van der Waals surface area contributed by atoms with Crippen LogP contribution in [0.15, 0.2) is 48.5 Å². The van der Waals surface area contributed by atoms with E-state index in [1.807, 2.05) is 0 Å². The van der Waals surface area contributed by atoms with E-state index in [0.29, 0.717) is 17.9 Å². The maximum atomic E-state index is 12.7. The Morgan fingerprint density at radius 1 is 0.875 bits per heavy atom. The van der Waals surface area contributed by atoms with Crippen LogP contribution in [0.5, 0.6) is 0 Å². The molecule has 3 amide bonds. The number of likely N-dealkylation sites (N-methyl/N-ethyl adjacent to an activating group) is 1. The van der Waals surface area contributed by atoms with Crippen LogP contribution in [0.2, 0.25) is 0 Å². The Morgan fingerprint density at radius 3 is 1.81 bits per heavy atom. The molecule has 2 aromatic carbocycles. The molecule has 0 saturated heterocycles. The lowest BCUT2D eigenvalue weighted by Crippen LogP contribution is -2.45. The van der Waals surface area contributed by atoms with Crippen LogP contribution < -0.4 is 16.0 Å². The summed E-state index contributed by atoms with van der Waals surface area (Å²) < 4.78 is 38.0. The minimum absolute atomic E-state index is 0.0639. The summed E-state index contributed by atoms with van der Waals surface area (Å²) in [5.41, 5.74) is 0.552. The van der Waals surface area contributed by atoms with Crippen molar-refractivity contribution in [2.75, 3.05) is 29.0 Å². The lowest BCUT2D eigenvalue weighted by atomic mass is 10.2. The number of hydrogen-bond donors (Lipinski definition) is 3. The highest BCUT2D eigenvalue weighted by atomic mass is 19.4. The number of anilines is 3. The van der Waals surface area contributed by atoms with Gasteiger partial charge in [0.1, 0.15) is 0 Å². The average Bonchev–Trinajstić information content (AvgIpc) is 2.72. The van der Waals surface area contributed by atoms with Crippen molar-refractivity contribution in [3.63, 3.8) is 0 Å². The van der Waals surface area contributed by atoms with Gasteiger partial charge >= 0.3 is 6.18 Å². The van der Waals surface area contributed by atoms with Gasteiger partial charge in [0.15, 0.2) is 0 Å². The number of alkyl halides is 3. The molecule has 0 aliphatic heterocycles. The number of hydrogen-bond acceptors (Lipinski definition) is 4. The van der Waals surface area contributed by atoms with E-state index in [0.717, 1.165) is 12.1 Å². The third-order valence-corrected chi connectivity index (χ3v) is 4.65. The van der Waals surface area contributed by atoms with E-state index < -0.39 is 23.7 Å². The number of amides is 3. The maximum absolute atomic E-state index is 12.7. The largest absolute Gasteiger partial charge is 0.416 e. The van der Waals surface area contributed by atoms with Crippen LogP contribution in [0, 0.1) is 0 Å². The van der Waals surface area contributed by atoms with Crippen molar-refractivity contribution in [2.24, 2.45) is 0 Å². The Kier molecular flexibility index (Phi) is 8.36. The standard InChI is InChI=1S/C22H25F3N4O3/c1-4-29(13-20(31)27-18-11-9-17(10-12-18)26-15(3)30)14(2)21(32)28-19-7-5-16(6-8-19)22(23,24)25/h5-12,14H,4,13H2,1-3H3,(H,26,30)(H,27,31)(H,28,32). The number of rotatable bonds is 8. The fourth-order valence-corrected chi connectivity index (χ4v) is 2.90. The zero-order valence-corrected chi connectivity index (χ0v) is 17.9. The molecule has 0 bridgehead atoms. The third kappa shape index (κ3) is 7.38. The molecule has 7 nitrogen and oxygen atoms in total. The summed E-state index contributed by atoms with van der Waals surface area (Å²) in [6.07, 6.45) is -4.45. The van der Waals surface area contributed by atoms with E-state index in [9.17, 15) is 27.6 Å². The Morgan fingerprint density at radius 2 is 1.34 bits per heavy atom. The van der Waals surface area contributed by atoms with Crippen LogP contribution >= 0.6 is 0 Å². The highest BCUT2D eigenvalue weighted by Crippen LogP contribution is 2.29. The Labute approximate surface area is 184 Å². The fourth-order valence-electron chi connectivity index (χ4n) is 2.90. The smallest absolute Gasteiger partial charge is 0.326 e. The molecule has 0 saturated carbocycles. The molecule has 2 rings (SSSR count). The number of carbonyl (C=O) groups is 3. The Hall–Kier alpha value is -3.40. The second kappa shape index (κ2) is 10.8. The van der Waals surface area contributed by atoms with Crippen LogP contribution in [-0.4, -0.2) is 41.8 Å². The topological polar surface area (TPSA) is 90.5 Å². The first-order valence-corrected chi connectivity index (χ1v) is 9.89. The molecule has 1 atom stereocenters. The van der Waals surface area contributed by atoms with Gasteiger partial charge in [0, 0.05) is 24.0 Å². The van der Waals surface area contributed by atoms with Gasteiger partial charge in [-0.3, -0.25) is 19.3 Å². The van der Waals surface area contributed by atoms with Crippen molar-refractivity contribution in [3.8, 4) is 0 Å². The minimum Gasteiger partial charge on any atom is -0.326 e. The summed E-state index contributed by atoms with van der Waals surface area (Å²) in [6, 6.07) is 10.0. The molecule has 10 heteroatoms. The second-order valence-electron chi connectivity index (χ2n) is 7.11. The molecule has 0 radical (unpaired) electrons. The van der Waals surface area contributed by atoms with Crippen LogP contribution in [0.25, 0.3) is 0 Å². The molecule has 1 unspecified atom stereocenters. The molecule has 3 N–H and O–H groups in total. The van der Waals surface area contributed by atoms with Gasteiger partial charge in [-0.2, -0.15) is 13.2 Å². The van der Waals surface area contributed by atoms with Crippen molar-refractivity contribution >= 4 is 34.8 Å². The van der Waals surface area contributed by atoms with E-state index in [4.69, 9.17) is 0 Å². The zero-order chi connectivity index (χ0) is 23.9. The van der Waals surface area contributed by atoms with Crippen LogP contribution in [0.4, 0.5) is 30.2 Å². The molecule has 0 aliphatic rings. The van der Waals surface area contributed by atoms with Gasteiger partial charge in [0.05, 0.1) is 18.2 Å². The zero-order valence-electron chi connectivity index (χ0n) is 17.9. The van der Waals surface area contributed by atoms with Gasteiger partial charge in [-0.1, -0.05) is 6.92 Å². The number of nitrogens with one attached hydrogen (secondary N) is 3. The van der Waals surface area contributed by atoms with E-state index in [1.165, 1.54) is 19.1 Å². The summed E-state index contributed by atoms with van der Waals surface area (Å²) >= 11 is 0. The van der Waals surface area contributed by atoms with Gasteiger partial charge in [0.25, 0.3) is 0 Å². The van der Waals surface area contributed by atoms with Gasteiger partial charge in [-0.25, -0.2) is 0 Å². The highest BCUT2D eigenvalue weighted by Gasteiger charge is 2.30. The van der Waals surface area contributed by atoms with Crippen molar-refractivity contribution < 1.29 is 27.6 Å². The van der Waals surface area contributed by atoms with Crippen molar-refractivity contribution in [1.82, 2.24) is 4.90 Å². The first-order chi connectivity index (χ1) is 15.0. The highest BCUT2D eigenvalue weighted by molar-refractivity contribution is 5.96. The average molecular weight is 450 g/mol. The van der Waals surface area contributed by atoms with E-state index in [-0.39, 0.29) is 24.0 Å². The number of halogens is 3. The normalized spacial score (nSPS) is 12.2. The summed E-state index contributed by atoms with van der Waals surface area (Å²) in [6.45, 7) is 5.13. The van der Waals surface area contributed by atoms with Crippen molar-refractivity contribution in [1.29, 1.82) is 0 Å². The Bertz CT molecular complexity index is 944. The molecule has 0 aliphatic carbocycles. The summed E-state index contributed by atoms with van der Waals surface area (Å²) in [5, 5.41) is 7.91. The van der Waals surface area contributed by atoms with Crippen LogP contribution in [0.1, 0.15) is 26.3 Å². The van der Waals surface area contributed by atoms with Crippen LogP contribution in [-0.2, 0) is 20.6 Å². The van der Waals surface area contributed by atoms with E-state index >= 15 is 0 Å². The molecular formula is C22H25F3N4O3. The van der Waals surface area contributed by atoms with Crippen molar-refractivity contribution in [2.45, 2.75) is 33.0 Å². The fraction of sp³-hybridized carbons (Fsp3) is 0.318. The molecule has 2 aromatic rings. The SMILES string of the molecule is CCN(CC(=O)Nc1ccc(NC(C)=O)cc1)C(C)C(=O)Nc1ccc(C(F)(F)F)cc1. The summed E-state index contributed by atoms with van der Waals surface area (Å²) in [7, 11) is 0. The van der Waals surface area contributed by atoms with Gasteiger partial charge in [-0.05, 0) is 62.0 Å². The quantitative estimate of drug-likeness (QED) is 0.568. The molecule has 0 fully saturated rings. The summed E-state index contributed by atoms with van der Waals surface area (Å²) in [5.74, 6) is -0.990. The van der Waals surface area contributed by atoms with Crippen LogP contribution in [0.3, 0.4) is 0 Å². The molecule has 0 spiro atoms. The first kappa shape index (κ1) is 24.9. The van der Waals surface area contributed by atoms with Gasteiger partial charge < -0.3 is 16.0 Å². The molecular weight excluding hydrogens is 425 g/mol. The first-order valence-electron chi connectivity index (χ1n) is 9.89. The third-order valence-electron chi connectivity index (χ3n) is 4.65. The predicted molar refractivity (Wildman–Crippen MR) is 116 cm³/mol. The second-order valence-corrected chi connectivity index (χ2v) is 7.11. The predicted octanol–water partition coefficient (Wildman–Crippen LogP) is 3.95. The van der Waals surface area contributed by atoms with Gasteiger partial charge in [0.2, 0.25) is 17.7 Å². The lowest BCUT2D eigenvalue weighted by molar-refractivity contribution is -0.137. The van der Waals surface area contributed by atoms with Crippen molar-refractivity contribution in [3.05, 3.63) is 54.1 Å². The maximum Gasteiger partial charge on any atom is 0.416 e. The Balaban J connectivity index is 1.93. The minimum atomic E-state index is -4.45.